The molecule has 2 N–H and O–H groups in total. The van der Waals surface area contributed by atoms with Gasteiger partial charge in [0.15, 0.2) is 0 Å². The summed E-state index contributed by atoms with van der Waals surface area (Å²) >= 11 is 11.9. The summed E-state index contributed by atoms with van der Waals surface area (Å²) < 4.78 is 25.3. The van der Waals surface area contributed by atoms with Crippen molar-refractivity contribution in [3.63, 3.8) is 0 Å². The molecule has 100 valence electrons. The Bertz CT molecular complexity index is 649. The van der Waals surface area contributed by atoms with E-state index < -0.39 is 16.6 Å². The molecule has 2 rings (SSSR count). The standard InChI is InChI=1S/C13H10Cl2FNOS/c14-11-3-1-9(16)5-8(11)7-19(18)13-4-2-10(17)6-12(13)15/h1-6H,7,17H2. The van der Waals surface area contributed by atoms with Gasteiger partial charge in [-0.05, 0) is 42.0 Å². The number of nitrogen functional groups attached to an aromatic ring is 1. The Hall–Kier alpha value is -1.10. The SMILES string of the molecule is Nc1ccc(S(=O)Cc2cc(F)ccc2Cl)c(Cl)c1. The molecule has 0 aliphatic heterocycles. The highest BCUT2D eigenvalue weighted by Gasteiger charge is 2.12. The zero-order chi connectivity index (χ0) is 14.0. The molecule has 6 heteroatoms. The molecule has 1 unspecified atom stereocenters. The fourth-order valence-electron chi connectivity index (χ4n) is 1.57. The van der Waals surface area contributed by atoms with E-state index in [2.05, 4.69) is 0 Å². The first-order chi connectivity index (χ1) is 8.97. The summed E-state index contributed by atoms with van der Waals surface area (Å²) in [6.45, 7) is 0. The molecule has 0 fully saturated rings. The summed E-state index contributed by atoms with van der Waals surface area (Å²) in [5.41, 5.74) is 6.54. The Morgan fingerprint density at radius 1 is 1.11 bits per heavy atom. The second kappa shape index (κ2) is 5.90. The number of hydrogen-bond acceptors (Lipinski definition) is 2. The predicted octanol–water partition coefficient (Wildman–Crippen LogP) is 4.02. The van der Waals surface area contributed by atoms with Crippen LogP contribution in [0.4, 0.5) is 10.1 Å². The highest BCUT2D eigenvalue weighted by molar-refractivity contribution is 7.84. The van der Waals surface area contributed by atoms with Gasteiger partial charge < -0.3 is 5.73 Å². The maximum Gasteiger partial charge on any atom is 0.123 e. The van der Waals surface area contributed by atoms with E-state index in [1.165, 1.54) is 24.3 Å². The van der Waals surface area contributed by atoms with Crippen molar-refractivity contribution in [1.29, 1.82) is 0 Å². The van der Waals surface area contributed by atoms with Crippen molar-refractivity contribution in [1.82, 2.24) is 0 Å². The fourth-order valence-corrected chi connectivity index (χ4v) is 3.46. The van der Waals surface area contributed by atoms with Gasteiger partial charge in [-0.2, -0.15) is 0 Å². The zero-order valence-electron chi connectivity index (χ0n) is 9.70. The van der Waals surface area contributed by atoms with Crippen LogP contribution in [0, 0.1) is 5.82 Å². The molecule has 0 saturated heterocycles. The minimum Gasteiger partial charge on any atom is -0.399 e. The number of anilines is 1. The van der Waals surface area contributed by atoms with Gasteiger partial charge in [-0.15, -0.1) is 0 Å². The van der Waals surface area contributed by atoms with Crippen LogP contribution in [-0.4, -0.2) is 4.21 Å². The minimum atomic E-state index is -1.41. The first-order valence-corrected chi connectivity index (χ1v) is 7.42. The average molecular weight is 318 g/mol. The van der Waals surface area contributed by atoms with E-state index in [9.17, 15) is 8.60 Å². The van der Waals surface area contributed by atoms with Crippen molar-refractivity contribution < 1.29 is 8.60 Å². The summed E-state index contributed by atoms with van der Waals surface area (Å²) in [5.74, 6) is -0.319. The number of halogens is 3. The molecule has 0 amide bonds. The first-order valence-electron chi connectivity index (χ1n) is 5.34. The summed E-state index contributed by atoms with van der Waals surface area (Å²) in [6, 6.07) is 8.71. The molecule has 19 heavy (non-hydrogen) atoms. The highest BCUT2D eigenvalue weighted by atomic mass is 35.5. The Kier molecular flexibility index (Phi) is 4.45. The topological polar surface area (TPSA) is 43.1 Å². The Morgan fingerprint density at radius 3 is 2.53 bits per heavy atom. The summed E-state index contributed by atoms with van der Waals surface area (Å²) in [5, 5.41) is 0.701. The monoisotopic (exact) mass is 317 g/mol. The smallest absolute Gasteiger partial charge is 0.123 e. The molecule has 0 radical (unpaired) electrons. The average Bonchev–Trinajstić information content (AvgIpc) is 2.33. The van der Waals surface area contributed by atoms with Crippen molar-refractivity contribution in [3.8, 4) is 0 Å². The van der Waals surface area contributed by atoms with Crippen LogP contribution in [0.5, 0.6) is 0 Å². The summed E-state index contributed by atoms with van der Waals surface area (Å²) in [4.78, 5) is 0.455. The lowest BCUT2D eigenvalue weighted by atomic mass is 10.2. The van der Waals surface area contributed by atoms with Crippen LogP contribution in [0.2, 0.25) is 10.0 Å². The van der Waals surface area contributed by atoms with Gasteiger partial charge in [0.2, 0.25) is 0 Å². The van der Waals surface area contributed by atoms with Gasteiger partial charge in [-0.25, -0.2) is 4.39 Å². The summed E-state index contributed by atoms with van der Waals surface area (Å²) in [7, 11) is -1.41. The third kappa shape index (κ3) is 3.47. The van der Waals surface area contributed by atoms with Gasteiger partial charge >= 0.3 is 0 Å². The fraction of sp³-hybridized carbons (Fsp3) is 0.0769. The van der Waals surface area contributed by atoms with E-state index in [-0.39, 0.29) is 5.75 Å². The van der Waals surface area contributed by atoms with Crippen LogP contribution >= 0.6 is 23.2 Å². The third-order valence-corrected chi connectivity index (χ3v) is 4.71. The lowest BCUT2D eigenvalue weighted by Gasteiger charge is -2.07. The number of nitrogens with two attached hydrogens (primary N) is 1. The molecule has 0 bridgehead atoms. The lowest BCUT2D eigenvalue weighted by Crippen LogP contribution is -1.99. The predicted molar refractivity (Wildman–Crippen MR) is 77.4 cm³/mol. The maximum atomic E-state index is 13.1. The van der Waals surface area contributed by atoms with E-state index in [4.69, 9.17) is 28.9 Å². The molecule has 2 nitrogen and oxygen atoms in total. The van der Waals surface area contributed by atoms with Gasteiger partial charge in [0, 0.05) is 10.7 Å². The molecule has 2 aromatic carbocycles. The number of benzene rings is 2. The van der Waals surface area contributed by atoms with Crippen molar-refractivity contribution in [2.75, 3.05) is 5.73 Å². The molecule has 0 aliphatic carbocycles. The Morgan fingerprint density at radius 2 is 1.84 bits per heavy atom. The van der Waals surface area contributed by atoms with Crippen LogP contribution in [0.15, 0.2) is 41.3 Å². The van der Waals surface area contributed by atoms with E-state index >= 15 is 0 Å². The second-order valence-electron chi connectivity index (χ2n) is 3.92. The van der Waals surface area contributed by atoms with Crippen LogP contribution in [0.25, 0.3) is 0 Å². The Balaban J connectivity index is 2.28. The van der Waals surface area contributed by atoms with Crippen LogP contribution in [0.1, 0.15) is 5.56 Å². The first kappa shape index (κ1) is 14.3. The molecule has 1 atom stereocenters. The Labute approximate surface area is 122 Å². The van der Waals surface area contributed by atoms with Gasteiger partial charge in [0.05, 0.1) is 26.5 Å². The minimum absolute atomic E-state index is 0.0975. The molecule has 0 spiro atoms. The maximum absolute atomic E-state index is 13.1. The van der Waals surface area contributed by atoms with Crippen LogP contribution in [-0.2, 0) is 16.6 Å². The van der Waals surface area contributed by atoms with Gasteiger partial charge in [-0.1, -0.05) is 23.2 Å². The third-order valence-electron chi connectivity index (χ3n) is 2.50. The molecular formula is C13H10Cl2FNOS. The van der Waals surface area contributed by atoms with Crippen LogP contribution < -0.4 is 5.73 Å². The molecule has 2 aromatic rings. The normalized spacial score (nSPS) is 12.4. The van der Waals surface area contributed by atoms with E-state index in [0.29, 0.717) is 26.2 Å². The van der Waals surface area contributed by atoms with Gasteiger partial charge in [0.25, 0.3) is 0 Å². The van der Waals surface area contributed by atoms with Crippen molar-refractivity contribution in [3.05, 3.63) is 57.8 Å². The van der Waals surface area contributed by atoms with Crippen molar-refractivity contribution in [2.45, 2.75) is 10.6 Å². The van der Waals surface area contributed by atoms with Crippen molar-refractivity contribution >= 4 is 39.7 Å². The molecule has 0 saturated carbocycles. The molecule has 0 heterocycles. The van der Waals surface area contributed by atoms with Gasteiger partial charge in [0.1, 0.15) is 5.82 Å². The zero-order valence-corrected chi connectivity index (χ0v) is 12.0. The lowest BCUT2D eigenvalue weighted by molar-refractivity contribution is 0.626. The van der Waals surface area contributed by atoms with E-state index in [1.807, 2.05) is 0 Å². The number of hydrogen-bond donors (Lipinski definition) is 1. The van der Waals surface area contributed by atoms with Crippen LogP contribution in [0.3, 0.4) is 0 Å². The highest BCUT2D eigenvalue weighted by Crippen LogP contribution is 2.26. The molecular weight excluding hydrogens is 308 g/mol. The quantitative estimate of drug-likeness (QED) is 0.869. The second-order valence-corrected chi connectivity index (χ2v) is 6.15. The molecule has 0 aliphatic rings. The van der Waals surface area contributed by atoms with E-state index in [1.54, 1.807) is 12.1 Å². The van der Waals surface area contributed by atoms with Crippen molar-refractivity contribution in [2.24, 2.45) is 0 Å². The number of rotatable bonds is 3. The summed E-state index contributed by atoms with van der Waals surface area (Å²) in [6.07, 6.45) is 0. The van der Waals surface area contributed by atoms with Gasteiger partial charge in [-0.3, -0.25) is 4.21 Å². The molecule has 0 aromatic heterocycles. The van der Waals surface area contributed by atoms with E-state index in [0.717, 1.165) is 0 Å². The largest absolute Gasteiger partial charge is 0.399 e.